The number of ketones is 1. The molecule has 2 spiro atoms. The largest absolute Gasteiger partial charge is 0.480 e. The fourth-order valence-corrected chi connectivity index (χ4v) is 8.02. The highest BCUT2D eigenvalue weighted by Crippen LogP contribution is 2.77. The number of fused-ring (bicyclic) bond motifs is 1. The molecule has 1 aromatic carbocycles. The Balaban J connectivity index is 1.24. The molecule has 0 aromatic heterocycles. The van der Waals surface area contributed by atoms with Crippen molar-refractivity contribution < 1.29 is 38.9 Å². The summed E-state index contributed by atoms with van der Waals surface area (Å²) in [4.78, 5) is 51.3. The van der Waals surface area contributed by atoms with Gasteiger partial charge in [-0.25, -0.2) is 4.79 Å². The second kappa shape index (κ2) is 7.29. The van der Waals surface area contributed by atoms with Gasteiger partial charge in [0.05, 0.1) is 23.5 Å². The summed E-state index contributed by atoms with van der Waals surface area (Å²) in [6.45, 7) is 4.16. The monoisotopic (exact) mass is 498 g/mol. The number of carbonyl (C=O) groups excluding carboxylic acids is 3. The quantitative estimate of drug-likeness (QED) is 0.365. The van der Waals surface area contributed by atoms with Gasteiger partial charge >= 0.3 is 11.9 Å². The van der Waals surface area contributed by atoms with E-state index in [2.05, 4.69) is 10.2 Å². The van der Waals surface area contributed by atoms with Gasteiger partial charge in [-0.3, -0.25) is 19.3 Å². The van der Waals surface area contributed by atoms with E-state index in [0.29, 0.717) is 18.6 Å². The van der Waals surface area contributed by atoms with Crippen molar-refractivity contribution in [2.24, 2.45) is 5.92 Å². The van der Waals surface area contributed by atoms with E-state index in [1.54, 1.807) is 19.9 Å². The first-order valence-electron chi connectivity index (χ1n) is 12.5. The predicted octanol–water partition coefficient (Wildman–Crippen LogP) is 0.660. The second-order valence-corrected chi connectivity index (χ2v) is 11.4. The molecule has 3 aliphatic carbocycles. The summed E-state index contributed by atoms with van der Waals surface area (Å²) >= 11 is 0. The van der Waals surface area contributed by atoms with E-state index >= 15 is 0 Å². The highest BCUT2D eigenvalue weighted by atomic mass is 16.6. The van der Waals surface area contributed by atoms with Gasteiger partial charge in [0.15, 0.2) is 23.4 Å². The summed E-state index contributed by atoms with van der Waals surface area (Å²) in [5.41, 5.74) is -0.299. The van der Waals surface area contributed by atoms with Gasteiger partial charge in [-0.15, -0.1) is 0 Å². The summed E-state index contributed by atoms with van der Waals surface area (Å²) in [5.74, 6) is -2.19. The van der Waals surface area contributed by atoms with Gasteiger partial charge in [-0.2, -0.15) is 0 Å². The van der Waals surface area contributed by atoms with Gasteiger partial charge in [-0.05, 0) is 37.4 Å². The number of amides is 1. The number of likely N-dealkylation sites (tertiary alicyclic amines) is 1. The molecule has 6 rings (SSSR count). The van der Waals surface area contributed by atoms with Crippen LogP contribution < -0.4 is 14.8 Å². The highest BCUT2D eigenvalue weighted by Gasteiger charge is 2.85. The number of benzene rings is 1. The summed E-state index contributed by atoms with van der Waals surface area (Å²) in [7, 11) is 2.00. The SMILES string of the molecule is CC(C)C(NC(=O)CCC(=O)Oc1ccc2c3c1O[C@H]1C(=O)CC[C@@]4(O)[C@@H]5N(C)CC25C[C@]314)C(=O)O. The van der Waals surface area contributed by atoms with Crippen molar-refractivity contribution in [3.63, 3.8) is 0 Å². The Kier molecular flexibility index (Phi) is 4.74. The minimum absolute atomic E-state index is 0.0464. The first-order chi connectivity index (χ1) is 17.0. The van der Waals surface area contributed by atoms with Gasteiger partial charge in [0.25, 0.3) is 0 Å². The van der Waals surface area contributed by atoms with Crippen LogP contribution in [0.3, 0.4) is 0 Å². The van der Waals surface area contributed by atoms with Crippen molar-refractivity contribution in [3.05, 3.63) is 23.3 Å². The van der Waals surface area contributed by atoms with Gasteiger partial charge in [0.1, 0.15) is 6.04 Å². The van der Waals surface area contributed by atoms with Gasteiger partial charge < -0.3 is 25.0 Å². The summed E-state index contributed by atoms with van der Waals surface area (Å²) in [6.07, 6.45) is -0.0151. The third-order valence-corrected chi connectivity index (χ3v) is 9.18. The van der Waals surface area contributed by atoms with E-state index in [1.165, 1.54) is 0 Å². The predicted molar refractivity (Wildman–Crippen MR) is 124 cm³/mol. The minimum atomic E-state index is -1.14. The van der Waals surface area contributed by atoms with Crippen LogP contribution in [0.15, 0.2) is 12.1 Å². The molecule has 1 aromatic rings. The minimum Gasteiger partial charge on any atom is -0.480 e. The molecule has 5 aliphatic rings. The number of nitrogens with zero attached hydrogens (tertiary/aromatic N) is 1. The number of likely N-dealkylation sites (N-methyl/N-ethyl adjacent to an activating group) is 1. The van der Waals surface area contributed by atoms with Crippen molar-refractivity contribution >= 4 is 23.6 Å². The molecule has 2 heterocycles. The first kappa shape index (κ1) is 23.4. The number of ether oxygens (including phenoxy) is 2. The number of hydrogen-bond donors (Lipinski definition) is 3. The maximum atomic E-state index is 13.0. The van der Waals surface area contributed by atoms with E-state index in [9.17, 15) is 29.4 Å². The molecule has 1 saturated heterocycles. The standard InChI is InChI=1S/C26H30N2O8/c1-12(2)19(22(32)33)27-16(30)6-7-17(31)35-15-5-4-13-18-20(15)36-21-14(29)8-9-26(34)23-24(13,11-28(23)3)10-25(18,21)26/h4-5,12,19,21,23,34H,6-11H2,1-3H3,(H,27,30)(H,32,33)/t19?,21-,23+,24?,25-,26+/m0/s1. The lowest BCUT2D eigenvalue weighted by Crippen LogP contribution is -2.75. The van der Waals surface area contributed by atoms with Crippen molar-refractivity contribution in [1.82, 2.24) is 10.2 Å². The molecular weight excluding hydrogens is 468 g/mol. The number of rotatable bonds is 7. The fourth-order valence-electron chi connectivity index (χ4n) is 8.02. The van der Waals surface area contributed by atoms with Crippen molar-refractivity contribution in [2.45, 2.75) is 80.6 Å². The molecule has 2 unspecified atom stereocenters. The number of carbonyl (C=O) groups is 4. The Morgan fingerprint density at radius 1 is 1.28 bits per heavy atom. The molecule has 2 bridgehead atoms. The first-order valence-corrected chi connectivity index (χ1v) is 12.5. The fraction of sp³-hybridized carbons (Fsp3) is 0.615. The normalized spacial score (nSPS) is 35.5. The summed E-state index contributed by atoms with van der Waals surface area (Å²) in [5, 5.41) is 23.7. The molecule has 1 amide bonds. The zero-order valence-electron chi connectivity index (χ0n) is 20.5. The Morgan fingerprint density at radius 3 is 2.69 bits per heavy atom. The molecule has 0 radical (unpaired) electrons. The van der Waals surface area contributed by atoms with Crippen LogP contribution in [0.25, 0.3) is 0 Å². The average Bonchev–Trinajstić information content (AvgIpc) is 3.36. The average molecular weight is 499 g/mol. The Bertz CT molecular complexity index is 1230. The molecule has 2 aliphatic heterocycles. The zero-order valence-corrected chi connectivity index (χ0v) is 20.5. The molecule has 6 atom stereocenters. The molecular formula is C26H30N2O8. The molecule has 3 fully saturated rings. The Labute approximate surface area is 207 Å². The lowest BCUT2D eigenvalue weighted by atomic mass is 9.55. The van der Waals surface area contributed by atoms with Crippen molar-refractivity contribution in [2.75, 3.05) is 13.6 Å². The van der Waals surface area contributed by atoms with Gasteiger partial charge in [-0.1, -0.05) is 19.9 Å². The maximum absolute atomic E-state index is 13.0. The van der Waals surface area contributed by atoms with Crippen LogP contribution in [-0.4, -0.2) is 76.1 Å². The van der Waals surface area contributed by atoms with E-state index in [-0.39, 0.29) is 48.2 Å². The molecule has 10 nitrogen and oxygen atoms in total. The number of hydrogen-bond acceptors (Lipinski definition) is 8. The molecule has 10 heteroatoms. The number of esters is 1. The molecule has 3 N–H and O–H groups in total. The number of nitrogens with one attached hydrogen (secondary N) is 1. The van der Waals surface area contributed by atoms with E-state index < -0.39 is 41.0 Å². The second-order valence-electron chi connectivity index (χ2n) is 11.4. The molecule has 192 valence electrons. The Hall–Kier alpha value is -2.98. The molecule has 2 saturated carbocycles. The van der Waals surface area contributed by atoms with Crippen LogP contribution in [0, 0.1) is 5.92 Å². The van der Waals surface area contributed by atoms with Crippen LogP contribution in [0.4, 0.5) is 0 Å². The number of Topliss-reactive ketones (excluding diaryl/α,β-unsaturated/α-hetero) is 1. The van der Waals surface area contributed by atoms with Crippen molar-refractivity contribution in [3.8, 4) is 11.5 Å². The van der Waals surface area contributed by atoms with Crippen LogP contribution in [0.5, 0.6) is 11.5 Å². The number of aliphatic carboxylic acids is 1. The summed E-state index contributed by atoms with van der Waals surface area (Å²) in [6, 6.07) is 2.48. The van der Waals surface area contributed by atoms with Crippen LogP contribution in [0.1, 0.15) is 57.1 Å². The van der Waals surface area contributed by atoms with Crippen molar-refractivity contribution in [1.29, 1.82) is 0 Å². The third-order valence-electron chi connectivity index (χ3n) is 9.18. The lowest BCUT2D eigenvalue weighted by molar-refractivity contribution is -0.164. The summed E-state index contributed by atoms with van der Waals surface area (Å²) < 4.78 is 11.8. The van der Waals surface area contributed by atoms with E-state index in [0.717, 1.165) is 17.7 Å². The number of carboxylic acid groups (broad SMARTS) is 1. The van der Waals surface area contributed by atoms with Gasteiger partial charge in [0, 0.05) is 30.4 Å². The third kappa shape index (κ3) is 2.63. The Morgan fingerprint density at radius 2 is 2.03 bits per heavy atom. The smallest absolute Gasteiger partial charge is 0.326 e. The van der Waals surface area contributed by atoms with E-state index in [4.69, 9.17) is 9.47 Å². The topological polar surface area (TPSA) is 142 Å². The number of aliphatic hydroxyl groups is 1. The van der Waals surface area contributed by atoms with E-state index in [1.807, 2.05) is 13.1 Å². The van der Waals surface area contributed by atoms with Crippen LogP contribution >= 0.6 is 0 Å². The lowest BCUT2D eigenvalue weighted by Gasteiger charge is -2.60. The van der Waals surface area contributed by atoms with Crippen LogP contribution in [0.2, 0.25) is 0 Å². The maximum Gasteiger partial charge on any atom is 0.326 e. The van der Waals surface area contributed by atoms with Crippen LogP contribution in [-0.2, 0) is 30.0 Å². The zero-order chi connectivity index (χ0) is 25.8. The highest BCUT2D eigenvalue weighted by molar-refractivity contribution is 5.92. The van der Waals surface area contributed by atoms with Gasteiger partial charge in [0.2, 0.25) is 5.91 Å². The molecule has 36 heavy (non-hydrogen) atoms. The number of carboxylic acids is 1.